The fraction of sp³-hybridized carbons (Fsp3) is 0.444. The molecule has 0 aromatic heterocycles. The number of aromatic hydroxyl groups is 1. The number of phenols is 1. The van der Waals surface area contributed by atoms with Gasteiger partial charge in [0.1, 0.15) is 23.4 Å². The Hall–Kier alpha value is -3.55. The average Bonchev–Trinajstić information content (AvgIpc) is 3.58. The number of amides is 3. The number of rotatable bonds is 7. The maximum atomic E-state index is 13.7. The number of alkyl carbamates (subject to hydrolysis) is 1. The van der Waals surface area contributed by atoms with E-state index in [4.69, 9.17) is 4.74 Å². The summed E-state index contributed by atoms with van der Waals surface area (Å²) in [5.74, 6) is -0.640. The highest BCUT2D eigenvalue weighted by atomic mass is 16.6. The summed E-state index contributed by atoms with van der Waals surface area (Å²) < 4.78 is 5.30. The zero-order valence-corrected chi connectivity index (χ0v) is 21.2. The Morgan fingerprint density at radius 3 is 2.29 bits per heavy atom. The number of phenolic OH excluding ortho intramolecular Hbond substituents is 1. The lowest BCUT2D eigenvalue weighted by molar-refractivity contribution is -0.141. The first-order chi connectivity index (χ1) is 16.4. The minimum atomic E-state index is -0.947. The van der Waals surface area contributed by atoms with Crippen LogP contribution in [-0.2, 0) is 14.3 Å². The van der Waals surface area contributed by atoms with Gasteiger partial charge in [-0.25, -0.2) is 4.79 Å². The molecular formula is C27H35N3O5. The van der Waals surface area contributed by atoms with E-state index in [1.807, 2.05) is 31.2 Å². The third kappa shape index (κ3) is 6.74. The molecule has 2 atom stereocenters. The van der Waals surface area contributed by atoms with Gasteiger partial charge in [0, 0.05) is 11.7 Å². The maximum absolute atomic E-state index is 13.7. The highest BCUT2D eigenvalue weighted by Gasteiger charge is 2.43. The molecule has 8 nitrogen and oxygen atoms in total. The van der Waals surface area contributed by atoms with E-state index < -0.39 is 23.8 Å². The van der Waals surface area contributed by atoms with Gasteiger partial charge in [0.15, 0.2) is 0 Å². The molecule has 3 N–H and O–H groups in total. The van der Waals surface area contributed by atoms with Gasteiger partial charge in [0.25, 0.3) is 5.91 Å². The molecule has 2 aromatic carbocycles. The number of aryl methyl sites for hydroxylation is 2. The second kappa shape index (κ2) is 10.4. The van der Waals surface area contributed by atoms with E-state index in [0.29, 0.717) is 16.8 Å². The van der Waals surface area contributed by atoms with Crippen LogP contribution >= 0.6 is 0 Å². The molecule has 3 amide bonds. The second-order valence-corrected chi connectivity index (χ2v) is 10.1. The zero-order valence-electron chi connectivity index (χ0n) is 21.2. The van der Waals surface area contributed by atoms with Crippen molar-refractivity contribution in [2.24, 2.45) is 0 Å². The van der Waals surface area contributed by atoms with Gasteiger partial charge in [-0.15, -0.1) is 0 Å². The topological polar surface area (TPSA) is 108 Å². The molecule has 1 fully saturated rings. The number of hydrogen-bond acceptors (Lipinski definition) is 5. The van der Waals surface area contributed by atoms with E-state index in [1.165, 1.54) is 6.07 Å². The lowest BCUT2D eigenvalue weighted by Gasteiger charge is -2.34. The number of nitrogens with one attached hydrogen (secondary N) is 2. The Labute approximate surface area is 206 Å². The minimum absolute atomic E-state index is 0.107. The van der Waals surface area contributed by atoms with Gasteiger partial charge in [0.2, 0.25) is 5.91 Å². The summed E-state index contributed by atoms with van der Waals surface area (Å²) in [5.41, 5.74) is 2.02. The van der Waals surface area contributed by atoms with Crippen LogP contribution in [0.2, 0.25) is 0 Å². The van der Waals surface area contributed by atoms with Crippen molar-refractivity contribution >= 4 is 23.6 Å². The lowest BCUT2D eigenvalue weighted by atomic mass is 10.00. The molecule has 8 heteroatoms. The number of para-hydroxylation sites is 1. The molecule has 0 bridgehead atoms. The summed E-state index contributed by atoms with van der Waals surface area (Å²) in [6, 6.07) is 10.3. The molecular weight excluding hydrogens is 446 g/mol. The molecule has 3 rings (SSSR count). The van der Waals surface area contributed by atoms with Crippen LogP contribution in [0.5, 0.6) is 5.75 Å². The largest absolute Gasteiger partial charge is 0.508 e. The second-order valence-electron chi connectivity index (χ2n) is 10.1. The van der Waals surface area contributed by atoms with Gasteiger partial charge in [-0.1, -0.05) is 24.3 Å². The quantitative estimate of drug-likeness (QED) is 0.536. The number of benzene rings is 2. The van der Waals surface area contributed by atoms with Crippen LogP contribution < -0.4 is 10.6 Å². The van der Waals surface area contributed by atoms with Crippen molar-refractivity contribution in [3.8, 4) is 5.75 Å². The maximum Gasteiger partial charge on any atom is 0.408 e. The van der Waals surface area contributed by atoms with E-state index in [2.05, 4.69) is 10.6 Å². The van der Waals surface area contributed by atoms with Crippen molar-refractivity contribution in [2.45, 2.75) is 78.1 Å². The Morgan fingerprint density at radius 1 is 1.06 bits per heavy atom. The van der Waals surface area contributed by atoms with Crippen LogP contribution in [0.25, 0.3) is 0 Å². The third-order valence-electron chi connectivity index (χ3n) is 5.76. The van der Waals surface area contributed by atoms with E-state index in [-0.39, 0.29) is 23.6 Å². The van der Waals surface area contributed by atoms with Gasteiger partial charge in [0.05, 0.1) is 0 Å². The zero-order chi connectivity index (χ0) is 25.9. The molecule has 0 heterocycles. The first kappa shape index (κ1) is 26.1. The number of carbonyl (C=O) groups is 3. The summed E-state index contributed by atoms with van der Waals surface area (Å²) in [5, 5.41) is 15.6. The summed E-state index contributed by atoms with van der Waals surface area (Å²) in [6.07, 6.45) is 0.821. The summed E-state index contributed by atoms with van der Waals surface area (Å²) in [6.45, 7) is 10.5. The van der Waals surface area contributed by atoms with Crippen LogP contribution in [0, 0.1) is 13.8 Å². The van der Waals surface area contributed by atoms with Crippen LogP contribution in [-0.4, -0.2) is 45.6 Å². The molecule has 188 valence electrons. The number of carbonyl (C=O) groups excluding carboxylic acids is 3. The van der Waals surface area contributed by atoms with Crippen molar-refractivity contribution in [3.63, 3.8) is 0 Å². The molecule has 0 aliphatic heterocycles. The van der Waals surface area contributed by atoms with Gasteiger partial charge < -0.3 is 25.4 Å². The highest BCUT2D eigenvalue weighted by Crippen LogP contribution is 2.37. The van der Waals surface area contributed by atoms with E-state index in [1.54, 1.807) is 51.7 Å². The number of anilines is 1. The normalized spacial score (nSPS) is 15.0. The monoisotopic (exact) mass is 481 g/mol. The molecule has 2 aromatic rings. The molecule has 2 unspecified atom stereocenters. The number of nitrogens with zero attached hydrogens (tertiary/aromatic N) is 1. The fourth-order valence-electron chi connectivity index (χ4n) is 3.84. The van der Waals surface area contributed by atoms with Gasteiger partial charge in [-0.2, -0.15) is 0 Å². The Bertz CT molecular complexity index is 1100. The van der Waals surface area contributed by atoms with Crippen molar-refractivity contribution in [1.29, 1.82) is 0 Å². The van der Waals surface area contributed by atoms with E-state index in [9.17, 15) is 19.5 Å². The predicted octanol–water partition coefficient (Wildman–Crippen LogP) is 4.59. The number of ether oxygens (including phenoxy) is 1. The molecule has 0 spiro atoms. The molecule has 35 heavy (non-hydrogen) atoms. The third-order valence-corrected chi connectivity index (χ3v) is 5.76. The van der Waals surface area contributed by atoms with E-state index >= 15 is 0 Å². The summed E-state index contributed by atoms with van der Waals surface area (Å²) >= 11 is 0. The standard InChI is InChI=1S/C27H35N3O5/c1-16-9-7-8-10-21(16)29-24(32)23(19-11-14-22(31)17(2)15-19)30(20-12-13-20)25(33)18(3)28-26(34)35-27(4,5)6/h7-11,14-15,18,20,23,31H,12-13H2,1-6H3,(H,28,34)(H,29,32). The SMILES string of the molecule is Cc1cc(C(C(=O)Nc2ccccc2C)N(C(=O)C(C)NC(=O)OC(C)(C)C)C2CC2)ccc1O. The smallest absolute Gasteiger partial charge is 0.408 e. The van der Waals surface area contributed by atoms with Crippen molar-refractivity contribution < 1.29 is 24.2 Å². The minimum Gasteiger partial charge on any atom is -0.508 e. The molecule has 0 saturated heterocycles. The Kier molecular flexibility index (Phi) is 7.73. The Morgan fingerprint density at radius 2 is 1.71 bits per heavy atom. The van der Waals surface area contributed by atoms with Crippen LogP contribution in [0.15, 0.2) is 42.5 Å². The van der Waals surface area contributed by atoms with Crippen molar-refractivity contribution in [1.82, 2.24) is 10.2 Å². The summed E-state index contributed by atoms with van der Waals surface area (Å²) in [4.78, 5) is 41.2. The predicted molar refractivity (Wildman–Crippen MR) is 134 cm³/mol. The van der Waals surface area contributed by atoms with E-state index in [0.717, 1.165) is 18.4 Å². The molecule has 1 aliphatic rings. The first-order valence-corrected chi connectivity index (χ1v) is 11.8. The molecule has 1 aliphatic carbocycles. The highest BCUT2D eigenvalue weighted by molar-refractivity contribution is 5.99. The van der Waals surface area contributed by atoms with Gasteiger partial charge >= 0.3 is 6.09 Å². The van der Waals surface area contributed by atoms with Gasteiger partial charge in [-0.3, -0.25) is 9.59 Å². The van der Waals surface area contributed by atoms with Crippen LogP contribution in [0.4, 0.5) is 10.5 Å². The van der Waals surface area contributed by atoms with Crippen LogP contribution in [0.3, 0.4) is 0 Å². The fourth-order valence-corrected chi connectivity index (χ4v) is 3.84. The molecule has 1 saturated carbocycles. The first-order valence-electron chi connectivity index (χ1n) is 11.8. The van der Waals surface area contributed by atoms with Crippen LogP contribution in [0.1, 0.15) is 63.3 Å². The van der Waals surface area contributed by atoms with Crippen molar-refractivity contribution in [3.05, 3.63) is 59.2 Å². The lowest BCUT2D eigenvalue weighted by Crippen LogP contribution is -2.52. The molecule has 0 radical (unpaired) electrons. The van der Waals surface area contributed by atoms with Gasteiger partial charge in [-0.05, 0) is 89.3 Å². The van der Waals surface area contributed by atoms with Crippen molar-refractivity contribution in [2.75, 3.05) is 5.32 Å². The number of hydrogen-bond donors (Lipinski definition) is 3. The Balaban J connectivity index is 1.94. The summed E-state index contributed by atoms with van der Waals surface area (Å²) in [7, 11) is 0. The average molecular weight is 482 g/mol.